The number of hydrogen-bond acceptors (Lipinski definition) is 7. The zero-order valence-electron chi connectivity index (χ0n) is 22.2. The molecular formula is C30H24Cl2INO6S. The number of halogens is 3. The van der Waals surface area contributed by atoms with E-state index in [1.807, 2.05) is 13.0 Å². The number of aliphatic hydroxyl groups excluding tert-OH is 1. The van der Waals surface area contributed by atoms with Crippen molar-refractivity contribution in [1.29, 1.82) is 0 Å². The molecule has 1 aliphatic heterocycles. The van der Waals surface area contributed by atoms with Crippen LogP contribution in [-0.4, -0.2) is 35.7 Å². The van der Waals surface area contributed by atoms with Crippen LogP contribution in [0.2, 0.25) is 10.0 Å². The van der Waals surface area contributed by atoms with E-state index in [4.69, 9.17) is 37.4 Å². The lowest BCUT2D eigenvalue weighted by molar-refractivity contribution is -0.138. The van der Waals surface area contributed by atoms with E-state index in [1.54, 1.807) is 61.5 Å². The van der Waals surface area contributed by atoms with E-state index in [-0.39, 0.29) is 29.6 Å². The number of thioether (sulfide) groups is 1. The van der Waals surface area contributed by atoms with Crippen LogP contribution in [0.5, 0.6) is 11.5 Å². The van der Waals surface area contributed by atoms with E-state index in [1.165, 1.54) is 7.11 Å². The SMILES string of the molecule is CCOC(=O)C1=C(O)/C(=C/c2cc(I)c(OCc3ccc(Cl)cc3Cl)c(OC)c2)SC1=NC(=O)c1ccc(C)cc1. The van der Waals surface area contributed by atoms with Crippen molar-refractivity contribution in [3.8, 4) is 11.5 Å². The number of aryl methyl sites for hydroxylation is 1. The summed E-state index contributed by atoms with van der Waals surface area (Å²) in [5, 5.41) is 12.1. The maximum absolute atomic E-state index is 12.9. The second-order valence-corrected chi connectivity index (χ2v) is 11.7. The highest BCUT2D eigenvalue weighted by atomic mass is 127. The lowest BCUT2D eigenvalue weighted by atomic mass is 10.1. The second kappa shape index (κ2) is 13.8. The zero-order valence-corrected chi connectivity index (χ0v) is 26.7. The molecule has 1 N–H and O–H groups in total. The minimum atomic E-state index is -0.770. The average Bonchev–Trinajstić information content (AvgIpc) is 3.23. The summed E-state index contributed by atoms with van der Waals surface area (Å²) in [4.78, 5) is 30.1. The molecular weight excluding hydrogens is 700 g/mol. The molecule has 0 aliphatic carbocycles. The van der Waals surface area contributed by atoms with Crippen molar-refractivity contribution >= 4 is 80.6 Å². The first kappa shape index (κ1) is 31.0. The molecule has 1 aliphatic rings. The summed E-state index contributed by atoms with van der Waals surface area (Å²) in [5.74, 6) is -0.668. The highest BCUT2D eigenvalue weighted by Crippen LogP contribution is 2.41. The number of aliphatic imine (C=N–C) groups is 1. The fraction of sp³-hybridized carbons (Fsp3) is 0.167. The van der Waals surface area contributed by atoms with Crippen molar-refractivity contribution in [1.82, 2.24) is 0 Å². The van der Waals surface area contributed by atoms with Gasteiger partial charge in [0, 0.05) is 21.2 Å². The Bertz CT molecular complexity index is 1600. The zero-order chi connectivity index (χ0) is 29.7. The predicted octanol–water partition coefficient (Wildman–Crippen LogP) is 8.20. The van der Waals surface area contributed by atoms with Crippen LogP contribution >= 0.6 is 57.6 Å². The Labute approximate surface area is 265 Å². The molecule has 0 bridgehead atoms. The summed E-state index contributed by atoms with van der Waals surface area (Å²) < 4.78 is 17.5. The molecule has 0 spiro atoms. The average molecular weight is 724 g/mol. The number of methoxy groups -OCH3 is 1. The van der Waals surface area contributed by atoms with Crippen LogP contribution in [0.1, 0.15) is 34.0 Å². The molecule has 1 amide bonds. The topological polar surface area (TPSA) is 94.4 Å². The van der Waals surface area contributed by atoms with Crippen LogP contribution in [0.3, 0.4) is 0 Å². The van der Waals surface area contributed by atoms with Crippen molar-refractivity contribution in [2.75, 3.05) is 13.7 Å². The quantitative estimate of drug-likeness (QED) is 0.185. The summed E-state index contributed by atoms with van der Waals surface area (Å²) in [6.45, 7) is 3.85. The lowest BCUT2D eigenvalue weighted by Gasteiger charge is -2.14. The van der Waals surface area contributed by atoms with Gasteiger partial charge in [0.05, 0.1) is 22.2 Å². The second-order valence-electron chi connectivity index (χ2n) is 8.70. The summed E-state index contributed by atoms with van der Waals surface area (Å²) in [5.41, 5.74) is 2.61. The van der Waals surface area contributed by atoms with Gasteiger partial charge in [-0.3, -0.25) is 4.79 Å². The molecule has 3 aromatic rings. The third-order valence-corrected chi connectivity index (χ3v) is 8.22. The van der Waals surface area contributed by atoms with Gasteiger partial charge in [0.25, 0.3) is 5.91 Å². The molecule has 0 radical (unpaired) electrons. The number of rotatable bonds is 8. The highest BCUT2D eigenvalue weighted by Gasteiger charge is 2.34. The van der Waals surface area contributed by atoms with Gasteiger partial charge in [0.15, 0.2) is 11.5 Å². The van der Waals surface area contributed by atoms with E-state index in [9.17, 15) is 14.7 Å². The van der Waals surface area contributed by atoms with Gasteiger partial charge in [-0.05, 0) is 84.5 Å². The maximum Gasteiger partial charge on any atom is 0.344 e. The molecule has 0 fully saturated rings. The van der Waals surface area contributed by atoms with Crippen molar-refractivity contribution < 1.29 is 28.9 Å². The normalized spacial score (nSPS) is 15.0. The summed E-state index contributed by atoms with van der Waals surface area (Å²) in [6, 6.07) is 15.7. The van der Waals surface area contributed by atoms with Gasteiger partial charge in [0.2, 0.25) is 0 Å². The van der Waals surface area contributed by atoms with Gasteiger partial charge in [-0.15, -0.1) is 0 Å². The van der Waals surface area contributed by atoms with E-state index in [2.05, 4.69) is 27.6 Å². The van der Waals surface area contributed by atoms with Crippen molar-refractivity contribution in [3.05, 3.63) is 107 Å². The molecule has 7 nitrogen and oxygen atoms in total. The molecule has 0 aromatic heterocycles. The molecule has 4 rings (SSSR count). The minimum absolute atomic E-state index is 0.0548. The summed E-state index contributed by atoms with van der Waals surface area (Å²) >= 11 is 15.4. The van der Waals surface area contributed by atoms with E-state index >= 15 is 0 Å². The fourth-order valence-electron chi connectivity index (χ4n) is 3.75. The van der Waals surface area contributed by atoms with Gasteiger partial charge < -0.3 is 19.3 Å². The van der Waals surface area contributed by atoms with Crippen LogP contribution in [0, 0.1) is 10.5 Å². The molecule has 0 unspecified atom stereocenters. The number of aliphatic hydroxyl groups is 1. The molecule has 0 atom stereocenters. The first-order valence-electron chi connectivity index (χ1n) is 12.3. The first-order chi connectivity index (χ1) is 19.6. The van der Waals surface area contributed by atoms with Gasteiger partial charge in [0.1, 0.15) is 23.0 Å². The molecule has 3 aromatic carbocycles. The van der Waals surface area contributed by atoms with Gasteiger partial charge in [-0.25, -0.2) is 9.79 Å². The third kappa shape index (κ3) is 7.45. The minimum Gasteiger partial charge on any atom is -0.506 e. The molecule has 11 heteroatoms. The van der Waals surface area contributed by atoms with Crippen LogP contribution in [0.25, 0.3) is 6.08 Å². The molecule has 0 saturated heterocycles. The first-order valence-corrected chi connectivity index (χ1v) is 14.9. The summed E-state index contributed by atoms with van der Waals surface area (Å²) in [6.07, 6.45) is 1.67. The van der Waals surface area contributed by atoms with Crippen molar-refractivity contribution in [3.63, 3.8) is 0 Å². The van der Waals surface area contributed by atoms with Crippen molar-refractivity contribution in [2.45, 2.75) is 20.5 Å². The third-order valence-electron chi connectivity index (χ3n) is 5.81. The largest absolute Gasteiger partial charge is 0.506 e. The Hall–Kier alpha value is -2.99. The van der Waals surface area contributed by atoms with E-state index in [0.29, 0.717) is 37.6 Å². The Morgan fingerprint density at radius 2 is 1.83 bits per heavy atom. The lowest BCUT2D eigenvalue weighted by Crippen LogP contribution is -2.14. The number of ether oxygens (including phenoxy) is 3. The van der Waals surface area contributed by atoms with E-state index < -0.39 is 11.9 Å². The fourth-order valence-corrected chi connectivity index (χ4v) is 6.00. The van der Waals surface area contributed by atoms with Crippen LogP contribution in [0.15, 0.2) is 75.8 Å². The number of nitrogens with zero attached hydrogens (tertiary/aromatic N) is 1. The summed E-state index contributed by atoms with van der Waals surface area (Å²) in [7, 11) is 1.52. The van der Waals surface area contributed by atoms with Crippen LogP contribution in [0.4, 0.5) is 0 Å². The highest BCUT2D eigenvalue weighted by molar-refractivity contribution is 14.1. The smallest absolute Gasteiger partial charge is 0.344 e. The maximum atomic E-state index is 12.9. The van der Waals surface area contributed by atoms with Crippen molar-refractivity contribution in [2.24, 2.45) is 4.99 Å². The Kier molecular flexibility index (Phi) is 10.4. The van der Waals surface area contributed by atoms with Gasteiger partial charge >= 0.3 is 5.97 Å². The van der Waals surface area contributed by atoms with Crippen LogP contribution < -0.4 is 9.47 Å². The Balaban J connectivity index is 1.65. The number of carbonyl (C=O) groups excluding carboxylic acids is 2. The van der Waals surface area contributed by atoms with Crippen LogP contribution in [-0.2, 0) is 16.1 Å². The monoisotopic (exact) mass is 723 g/mol. The number of esters is 1. The Morgan fingerprint density at radius 1 is 1.10 bits per heavy atom. The molecule has 0 saturated carbocycles. The number of carbonyl (C=O) groups is 2. The number of amides is 1. The molecule has 1 heterocycles. The van der Waals surface area contributed by atoms with Gasteiger partial charge in [-0.1, -0.05) is 58.7 Å². The Morgan fingerprint density at radius 3 is 2.49 bits per heavy atom. The number of hydrogen-bond donors (Lipinski definition) is 1. The molecule has 41 heavy (non-hydrogen) atoms. The van der Waals surface area contributed by atoms with Gasteiger partial charge in [-0.2, -0.15) is 0 Å². The molecule has 212 valence electrons. The number of benzene rings is 3. The predicted molar refractivity (Wildman–Crippen MR) is 171 cm³/mol. The van der Waals surface area contributed by atoms with E-state index in [0.717, 1.165) is 26.5 Å². The standard InChI is InChI=1S/C30H24Cl2INO6S/c1-4-39-30(37)25-26(35)24(41-29(25)34-28(36)18-7-5-16(2)6-8-18)13-17-11-22(33)27(23(12-17)38-3)40-15-19-9-10-20(31)14-21(19)32/h5-14,35H,4,15H2,1-3H3/b24-13-,34-29?.